The summed E-state index contributed by atoms with van der Waals surface area (Å²) in [5.74, 6) is 0.445. The Hall–Kier alpha value is -5.06. The molecule has 45 heavy (non-hydrogen) atoms. The molecule has 238 valence electrons. The highest BCUT2D eigenvalue weighted by Crippen LogP contribution is 2.50. The van der Waals surface area contributed by atoms with Crippen LogP contribution in [0.5, 0.6) is 17.2 Å². The fraction of sp³-hybridized carbons (Fsp3) is 0.353. The van der Waals surface area contributed by atoms with Gasteiger partial charge in [0.05, 0.1) is 33.1 Å². The Labute approximate surface area is 262 Å². The first kappa shape index (κ1) is 32.8. The monoisotopic (exact) mass is 616 g/mol. The van der Waals surface area contributed by atoms with E-state index in [0.717, 1.165) is 11.1 Å². The van der Waals surface area contributed by atoms with Gasteiger partial charge < -0.3 is 35.5 Å². The van der Waals surface area contributed by atoms with Gasteiger partial charge >= 0.3 is 0 Å². The zero-order valence-electron chi connectivity index (χ0n) is 26.6. The lowest BCUT2D eigenvalue weighted by atomic mass is 9.95. The van der Waals surface area contributed by atoms with Crippen LogP contribution in [0.15, 0.2) is 53.3 Å². The van der Waals surface area contributed by atoms with Crippen molar-refractivity contribution in [2.24, 2.45) is 5.92 Å². The van der Waals surface area contributed by atoms with Crippen LogP contribution >= 0.6 is 0 Å². The number of anilines is 3. The number of hydrogen-bond donors (Lipinski definition) is 4. The zero-order valence-corrected chi connectivity index (χ0v) is 26.6. The first-order chi connectivity index (χ1) is 21.5. The van der Waals surface area contributed by atoms with Crippen molar-refractivity contribution in [3.63, 3.8) is 0 Å². The Kier molecular flexibility index (Phi) is 10.3. The van der Waals surface area contributed by atoms with Crippen molar-refractivity contribution >= 4 is 34.8 Å². The summed E-state index contributed by atoms with van der Waals surface area (Å²) in [4.78, 5) is 50.8. The van der Waals surface area contributed by atoms with Gasteiger partial charge in [0.15, 0.2) is 11.5 Å². The van der Waals surface area contributed by atoms with Gasteiger partial charge in [-0.05, 0) is 77.9 Å². The van der Waals surface area contributed by atoms with Gasteiger partial charge in [0.25, 0.3) is 0 Å². The third kappa shape index (κ3) is 7.36. The molecular weight excluding hydrogens is 576 g/mol. The van der Waals surface area contributed by atoms with Gasteiger partial charge in [-0.15, -0.1) is 0 Å². The van der Waals surface area contributed by atoms with Crippen LogP contribution in [0, 0.1) is 5.92 Å². The third-order valence-corrected chi connectivity index (χ3v) is 7.65. The Morgan fingerprint density at radius 1 is 0.822 bits per heavy atom. The number of benzene rings is 2. The highest BCUT2D eigenvalue weighted by molar-refractivity contribution is 5.97. The molecule has 11 heteroatoms. The van der Waals surface area contributed by atoms with Crippen molar-refractivity contribution in [1.29, 1.82) is 0 Å². The molecule has 2 atom stereocenters. The third-order valence-electron chi connectivity index (χ3n) is 7.65. The van der Waals surface area contributed by atoms with Gasteiger partial charge in [-0.1, -0.05) is 19.9 Å². The molecule has 1 aliphatic carbocycles. The van der Waals surface area contributed by atoms with E-state index in [9.17, 15) is 19.2 Å². The van der Waals surface area contributed by atoms with Gasteiger partial charge in [-0.3, -0.25) is 19.2 Å². The number of fused-ring (bicyclic) bond motifs is 3. The lowest BCUT2D eigenvalue weighted by molar-refractivity contribution is -0.120. The fourth-order valence-electron chi connectivity index (χ4n) is 5.59. The van der Waals surface area contributed by atoms with Crippen LogP contribution in [0.25, 0.3) is 11.1 Å². The first-order valence-electron chi connectivity index (χ1n) is 14.7. The minimum absolute atomic E-state index is 0.184. The van der Waals surface area contributed by atoms with Gasteiger partial charge in [-0.2, -0.15) is 0 Å². The van der Waals surface area contributed by atoms with E-state index in [1.807, 2.05) is 26.0 Å². The SMILES string of the molecule is COc1cc2c(c(OC)c1OC)-c1ccc(N[C@H](C(=O)Nc3ccc(NC(C)=O)cc3)C(C)C)c(=O)cc1[C@H](NC(C)=O)CC2. The van der Waals surface area contributed by atoms with Gasteiger partial charge in [0.2, 0.25) is 28.9 Å². The summed E-state index contributed by atoms with van der Waals surface area (Å²) in [6.45, 7) is 6.63. The van der Waals surface area contributed by atoms with Crippen molar-refractivity contribution in [2.45, 2.75) is 52.6 Å². The number of carbonyl (C=O) groups is 3. The molecule has 1 aliphatic rings. The summed E-state index contributed by atoms with van der Waals surface area (Å²) in [6, 6.07) is 12.4. The number of aryl methyl sites for hydroxylation is 1. The molecule has 11 nitrogen and oxygen atoms in total. The summed E-state index contributed by atoms with van der Waals surface area (Å²) >= 11 is 0. The van der Waals surface area contributed by atoms with Crippen LogP contribution in [0.2, 0.25) is 0 Å². The van der Waals surface area contributed by atoms with Gasteiger partial charge in [-0.25, -0.2) is 0 Å². The Balaban J connectivity index is 1.78. The summed E-state index contributed by atoms with van der Waals surface area (Å²) in [7, 11) is 4.63. The maximum atomic E-state index is 13.8. The molecule has 0 saturated heterocycles. The molecular formula is C34H40N4O7. The molecule has 0 radical (unpaired) electrons. The second-order valence-electron chi connectivity index (χ2n) is 11.2. The molecule has 0 bridgehead atoms. The number of rotatable bonds is 10. The number of carbonyl (C=O) groups excluding carboxylic acids is 3. The van der Waals surface area contributed by atoms with Crippen molar-refractivity contribution < 1.29 is 28.6 Å². The van der Waals surface area contributed by atoms with E-state index in [4.69, 9.17) is 14.2 Å². The average molecular weight is 617 g/mol. The number of hydrogen-bond acceptors (Lipinski definition) is 8. The predicted octanol–water partition coefficient (Wildman–Crippen LogP) is 4.90. The average Bonchev–Trinajstić information content (AvgIpc) is 3.23. The van der Waals surface area contributed by atoms with Crippen LogP contribution in [0.3, 0.4) is 0 Å². The zero-order chi connectivity index (χ0) is 32.8. The minimum atomic E-state index is -0.757. The molecule has 3 aromatic carbocycles. The Morgan fingerprint density at radius 3 is 2.02 bits per heavy atom. The van der Waals surface area contributed by atoms with Crippen LogP contribution < -0.4 is 40.9 Å². The lowest BCUT2D eigenvalue weighted by Crippen LogP contribution is -2.39. The van der Waals surface area contributed by atoms with Gasteiger partial charge in [0, 0.05) is 30.8 Å². The molecule has 4 rings (SSSR count). The van der Waals surface area contributed by atoms with Crippen molar-refractivity contribution in [3.8, 4) is 28.4 Å². The second kappa shape index (κ2) is 14.1. The minimum Gasteiger partial charge on any atom is -0.493 e. The molecule has 3 aromatic rings. The topological polar surface area (TPSA) is 144 Å². The highest BCUT2D eigenvalue weighted by Gasteiger charge is 2.30. The number of amides is 3. The van der Waals surface area contributed by atoms with E-state index in [1.54, 1.807) is 44.6 Å². The van der Waals surface area contributed by atoms with E-state index < -0.39 is 12.1 Å². The molecule has 4 N–H and O–H groups in total. The molecule has 0 fully saturated rings. The van der Waals surface area contributed by atoms with Crippen molar-refractivity contribution in [2.75, 3.05) is 37.3 Å². The molecule has 0 aliphatic heterocycles. The number of methoxy groups -OCH3 is 3. The highest BCUT2D eigenvalue weighted by atomic mass is 16.5. The molecule has 0 aromatic heterocycles. The quantitative estimate of drug-likeness (QED) is 0.252. The summed E-state index contributed by atoms with van der Waals surface area (Å²) in [6.07, 6.45) is 1.11. The van der Waals surface area contributed by atoms with Crippen LogP contribution in [-0.4, -0.2) is 45.1 Å². The fourth-order valence-corrected chi connectivity index (χ4v) is 5.59. The van der Waals surface area contributed by atoms with E-state index >= 15 is 0 Å². The molecule has 0 spiro atoms. The molecule has 0 saturated carbocycles. The standard InChI is InChI=1S/C34H40N4O7/c1-18(2)31(34(42)37-23-11-9-22(10-12-23)35-19(3)39)38-27-15-13-24-25(17-28(27)41)26(36-20(4)40)14-8-21-16-29(43-5)32(44-6)33(45-7)30(21)24/h9-13,15-18,26,31H,8,14H2,1-7H3,(H,35,39)(H,36,40)(H,37,42)(H,38,41)/t26-,31+/m1/s1. The Bertz CT molecular complexity index is 1650. The lowest BCUT2D eigenvalue weighted by Gasteiger charge is -2.22. The Morgan fingerprint density at radius 2 is 1.47 bits per heavy atom. The predicted molar refractivity (Wildman–Crippen MR) is 174 cm³/mol. The largest absolute Gasteiger partial charge is 0.493 e. The van der Waals surface area contributed by atoms with Crippen LogP contribution in [0.4, 0.5) is 17.1 Å². The van der Waals surface area contributed by atoms with E-state index in [-0.39, 0.29) is 34.8 Å². The summed E-state index contributed by atoms with van der Waals surface area (Å²) in [5.41, 5.74) is 3.99. The van der Waals surface area contributed by atoms with Crippen LogP contribution in [-0.2, 0) is 20.8 Å². The van der Waals surface area contributed by atoms with Gasteiger partial charge in [0.1, 0.15) is 6.04 Å². The number of ether oxygens (including phenoxy) is 3. The molecule has 0 heterocycles. The first-order valence-corrected chi connectivity index (χ1v) is 14.7. The molecule has 0 unspecified atom stereocenters. The van der Waals surface area contributed by atoms with Crippen molar-refractivity contribution in [1.82, 2.24) is 5.32 Å². The summed E-state index contributed by atoms with van der Waals surface area (Å²) < 4.78 is 17.1. The van der Waals surface area contributed by atoms with E-state index in [2.05, 4.69) is 21.3 Å². The second-order valence-corrected chi connectivity index (χ2v) is 11.2. The van der Waals surface area contributed by atoms with Crippen molar-refractivity contribution in [3.05, 3.63) is 69.9 Å². The summed E-state index contributed by atoms with van der Waals surface area (Å²) in [5, 5.41) is 11.7. The smallest absolute Gasteiger partial charge is 0.247 e. The molecule has 3 amide bonds. The maximum Gasteiger partial charge on any atom is 0.247 e. The van der Waals surface area contributed by atoms with E-state index in [1.165, 1.54) is 27.0 Å². The normalized spacial score (nSPS) is 14.2. The maximum absolute atomic E-state index is 13.8. The van der Waals surface area contributed by atoms with E-state index in [0.29, 0.717) is 52.6 Å². The van der Waals surface area contributed by atoms with Crippen LogP contribution in [0.1, 0.15) is 51.3 Å². The number of nitrogens with one attached hydrogen (secondary N) is 4.